The molecule has 0 spiro atoms. The van der Waals surface area contributed by atoms with Crippen LogP contribution in [0.2, 0.25) is 5.02 Å². The zero-order valence-corrected chi connectivity index (χ0v) is 15.5. The lowest BCUT2D eigenvalue weighted by Crippen LogP contribution is -2.34. The molecule has 2 aromatic carbocycles. The van der Waals surface area contributed by atoms with Crippen molar-refractivity contribution < 1.29 is 4.79 Å². The number of benzene rings is 2. The minimum absolute atomic E-state index is 0.0867. The van der Waals surface area contributed by atoms with E-state index in [9.17, 15) is 9.59 Å². The van der Waals surface area contributed by atoms with Crippen molar-refractivity contribution in [3.8, 4) is 0 Å². The summed E-state index contributed by atoms with van der Waals surface area (Å²) in [6.07, 6.45) is 2.15. The molecule has 0 saturated heterocycles. The monoisotopic (exact) mass is 369 g/mol. The number of nitrogens with zero attached hydrogens (tertiary/aromatic N) is 2. The number of carbonyl (C=O) groups excluding carboxylic acids is 1. The number of rotatable bonds is 5. The van der Waals surface area contributed by atoms with Crippen molar-refractivity contribution in [2.45, 2.75) is 32.9 Å². The second kappa shape index (κ2) is 7.70. The molecule has 1 aromatic heterocycles. The lowest BCUT2D eigenvalue weighted by molar-refractivity contribution is -0.122. The molecule has 0 fully saturated rings. The van der Waals surface area contributed by atoms with Crippen molar-refractivity contribution in [1.29, 1.82) is 0 Å². The zero-order chi connectivity index (χ0) is 18.7. The lowest BCUT2D eigenvalue weighted by atomic mass is 10.0. The smallest absolute Gasteiger partial charge is 0.261 e. The second-order valence-electron chi connectivity index (χ2n) is 6.28. The normalized spacial score (nSPS) is 12.1. The molecule has 0 radical (unpaired) electrons. The predicted octanol–water partition coefficient (Wildman–Crippen LogP) is 3.63. The molecule has 3 rings (SSSR count). The predicted molar refractivity (Wildman–Crippen MR) is 103 cm³/mol. The number of hydrogen-bond donors (Lipinski definition) is 1. The molecular formula is C20H20ClN3O2. The lowest BCUT2D eigenvalue weighted by Gasteiger charge is -2.18. The summed E-state index contributed by atoms with van der Waals surface area (Å²) < 4.78 is 1.30. The summed E-state index contributed by atoms with van der Waals surface area (Å²) in [5, 5.41) is 3.85. The molecule has 1 atom stereocenters. The first-order chi connectivity index (χ1) is 12.5. The van der Waals surface area contributed by atoms with Crippen molar-refractivity contribution >= 4 is 28.4 Å². The second-order valence-corrected chi connectivity index (χ2v) is 6.71. The van der Waals surface area contributed by atoms with Crippen LogP contribution >= 0.6 is 11.6 Å². The summed E-state index contributed by atoms with van der Waals surface area (Å²) >= 11 is 5.96. The zero-order valence-electron chi connectivity index (χ0n) is 14.7. The number of fused-ring (bicyclic) bond motifs is 1. The number of aromatic nitrogens is 2. The standard InChI is InChI=1S/C20H20ClN3O2/c1-3-17(14-6-4-13(2)5-7-14)23-19(25)11-24-12-22-18-9-8-15(21)10-16(18)20(24)26/h4-10,12,17H,3,11H2,1-2H3,(H,23,25)/t17-/m0/s1. The fourth-order valence-electron chi connectivity index (χ4n) is 2.86. The van der Waals surface area contributed by atoms with Gasteiger partial charge in [0.15, 0.2) is 0 Å². The van der Waals surface area contributed by atoms with Crippen LogP contribution in [-0.2, 0) is 11.3 Å². The van der Waals surface area contributed by atoms with E-state index >= 15 is 0 Å². The Morgan fingerprint density at radius 1 is 1.23 bits per heavy atom. The van der Waals surface area contributed by atoms with Crippen molar-refractivity contribution in [3.63, 3.8) is 0 Å². The topological polar surface area (TPSA) is 64.0 Å². The van der Waals surface area contributed by atoms with Gasteiger partial charge in [-0.05, 0) is 37.1 Å². The van der Waals surface area contributed by atoms with Gasteiger partial charge in [0.1, 0.15) is 6.54 Å². The SMILES string of the molecule is CC[C@H](NC(=O)Cn1cnc2ccc(Cl)cc2c1=O)c1ccc(C)cc1. The van der Waals surface area contributed by atoms with Crippen molar-refractivity contribution in [1.82, 2.24) is 14.9 Å². The third kappa shape index (κ3) is 3.94. The van der Waals surface area contributed by atoms with E-state index in [1.165, 1.54) is 16.5 Å². The number of aryl methyl sites for hydroxylation is 1. The highest BCUT2D eigenvalue weighted by molar-refractivity contribution is 6.31. The highest BCUT2D eigenvalue weighted by Crippen LogP contribution is 2.17. The van der Waals surface area contributed by atoms with Gasteiger partial charge in [-0.1, -0.05) is 48.4 Å². The van der Waals surface area contributed by atoms with Crippen LogP contribution in [0.3, 0.4) is 0 Å². The van der Waals surface area contributed by atoms with Gasteiger partial charge in [0.05, 0.1) is 23.3 Å². The Morgan fingerprint density at radius 2 is 1.96 bits per heavy atom. The van der Waals surface area contributed by atoms with Crippen LogP contribution in [0.25, 0.3) is 10.9 Å². The molecule has 6 heteroatoms. The van der Waals surface area contributed by atoms with Crippen LogP contribution in [0.1, 0.15) is 30.5 Å². The van der Waals surface area contributed by atoms with E-state index < -0.39 is 0 Å². The van der Waals surface area contributed by atoms with Crippen LogP contribution in [0.15, 0.2) is 53.6 Å². The molecule has 1 heterocycles. The Morgan fingerprint density at radius 3 is 2.65 bits per heavy atom. The van der Waals surface area contributed by atoms with Crippen LogP contribution in [0, 0.1) is 6.92 Å². The average molecular weight is 370 g/mol. The highest BCUT2D eigenvalue weighted by Gasteiger charge is 2.14. The van der Waals surface area contributed by atoms with E-state index in [0.29, 0.717) is 15.9 Å². The molecule has 0 bridgehead atoms. The minimum atomic E-state index is -0.281. The first-order valence-corrected chi connectivity index (χ1v) is 8.86. The number of hydrogen-bond acceptors (Lipinski definition) is 3. The van der Waals surface area contributed by atoms with Gasteiger partial charge >= 0.3 is 0 Å². The third-order valence-corrected chi connectivity index (χ3v) is 4.56. The molecule has 0 saturated carbocycles. The van der Waals surface area contributed by atoms with Crippen LogP contribution in [-0.4, -0.2) is 15.5 Å². The van der Waals surface area contributed by atoms with E-state index in [0.717, 1.165) is 12.0 Å². The molecule has 0 aliphatic carbocycles. The van der Waals surface area contributed by atoms with Crippen LogP contribution in [0.4, 0.5) is 0 Å². The summed E-state index contributed by atoms with van der Waals surface area (Å²) in [5.74, 6) is -0.234. The molecule has 0 unspecified atom stereocenters. The van der Waals surface area contributed by atoms with Gasteiger partial charge in [0, 0.05) is 5.02 Å². The fraction of sp³-hybridized carbons (Fsp3) is 0.250. The van der Waals surface area contributed by atoms with E-state index in [4.69, 9.17) is 11.6 Å². The number of nitrogens with one attached hydrogen (secondary N) is 1. The van der Waals surface area contributed by atoms with E-state index in [-0.39, 0.29) is 24.1 Å². The van der Waals surface area contributed by atoms with E-state index in [1.54, 1.807) is 18.2 Å². The van der Waals surface area contributed by atoms with E-state index in [2.05, 4.69) is 10.3 Å². The molecule has 0 aliphatic rings. The Kier molecular flexibility index (Phi) is 5.38. The highest BCUT2D eigenvalue weighted by atomic mass is 35.5. The maximum Gasteiger partial charge on any atom is 0.261 e. The quantitative estimate of drug-likeness (QED) is 0.747. The molecule has 0 aliphatic heterocycles. The third-order valence-electron chi connectivity index (χ3n) is 4.32. The molecule has 5 nitrogen and oxygen atoms in total. The van der Waals surface area contributed by atoms with E-state index in [1.807, 2.05) is 38.1 Å². The minimum Gasteiger partial charge on any atom is -0.348 e. The first-order valence-electron chi connectivity index (χ1n) is 8.48. The van der Waals surface area contributed by atoms with Gasteiger partial charge < -0.3 is 5.32 Å². The van der Waals surface area contributed by atoms with Crippen LogP contribution in [0.5, 0.6) is 0 Å². The Balaban J connectivity index is 1.79. The van der Waals surface area contributed by atoms with Crippen LogP contribution < -0.4 is 10.9 Å². The molecule has 1 N–H and O–H groups in total. The summed E-state index contributed by atoms with van der Waals surface area (Å²) in [6, 6.07) is 12.9. The maximum absolute atomic E-state index is 12.6. The molecular weight excluding hydrogens is 350 g/mol. The summed E-state index contributed by atoms with van der Waals surface area (Å²) in [6.45, 7) is 3.95. The molecule has 1 amide bonds. The van der Waals surface area contributed by atoms with Gasteiger partial charge in [-0.25, -0.2) is 4.98 Å². The summed E-state index contributed by atoms with van der Waals surface area (Å²) in [7, 11) is 0. The summed E-state index contributed by atoms with van der Waals surface area (Å²) in [5.41, 5.74) is 2.49. The molecule has 134 valence electrons. The van der Waals surface area contributed by atoms with Gasteiger partial charge in [0.25, 0.3) is 5.56 Å². The Bertz CT molecular complexity index is 996. The largest absolute Gasteiger partial charge is 0.348 e. The number of halogens is 1. The Labute approximate surface area is 156 Å². The number of carbonyl (C=O) groups is 1. The van der Waals surface area contributed by atoms with Gasteiger partial charge in [-0.2, -0.15) is 0 Å². The average Bonchev–Trinajstić information content (AvgIpc) is 2.63. The molecule has 26 heavy (non-hydrogen) atoms. The van der Waals surface area contributed by atoms with Crippen molar-refractivity contribution in [2.75, 3.05) is 0 Å². The van der Waals surface area contributed by atoms with Crippen molar-refractivity contribution in [3.05, 3.63) is 75.3 Å². The maximum atomic E-state index is 12.6. The van der Waals surface area contributed by atoms with Crippen molar-refractivity contribution in [2.24, 2.45) is 0 Å². The first kappa shape index (κ1) is 18.1. The van der Waals surface area contributed by atoms with Gasteiger partial charge in [-0.15, -0.1) is 0 Å². The Hall–Kier alpha value is -2.66. The fourth-order valence-corrected chi connectivity index (χ4v) is 3.03. The van der Waals surface area contributed by atoms with Gasteiger partial charge in [-0.3, -0.25) is 14.2 Å². The van der Waals surface area contributed by atoms with Gasteiger partial charge in [0.2, 0.25) is 5.91 Å². The summed E-state index contributed by atoms with van der Waals surface area (Å²) in [4.78, 5) is 29.2. The number of amides is 1. The molecule has 3 aromatic rings.